The third-order valence-electron chi connectivity index (χ3n) is 5.95. The summed E-state index contributed by atoms with van der Waals surface area (Å²) < 4.78 is 11.8. The summed E-state index contributed by atoms with van der Waals surface area (Å²) in [5, 5.41) is 2.69. The fourth-order valence-corrected chi connectivity index (χ4v) is 5.13. The summed E-state index contributed by atoms with van der Waals surface area (Å²) in [5.74, 6) is 0.953. The molecule has 1 aliphatic heterocycles. The third-order valence-corrected chi connectivity index (χ3v) is 7.19. The molecule has 0 radical (unpaired) electrons. The fraction of sp³-hybridized carbons (Fsp3) is 0.346. The monoisotopic (exact) mass is 484 g/mol. The molecule has 1 aliphatic rings. The molecule has 33 heavy (non-hydrogen) atoms. The van der Waals surface area contributed by atoms with Gasteiger partial charge in [0.05, 0.1) is 24.7 Å². The number of ether oxygens (including phenoxy) is 2. The average molecular weight is 485 g/mol. The summed E-state index contributed by atoms with van der Waals surface area (Å²) in [5.41, 5.74) is 3.17. The highest BCUT2D eigenvalue weighted by Crippen LogP contribution is 2.26. The maximum absolute atomic E-state index is 12.9. The highest BCUT2D eigenvalue weighted by Gasteiger charge is 2.26. The molecule has 5 nitrogen and oxygen atoms in total. The zero-order chi connectivity index (χ0) is 23.2. The van der Waals surface area contributed by atoms with Crippen molar-refractivity contribution >= 4 is 28.8 Å². The van der Waals surface area contributed by atoms with Crippen LogP contribution in [0.1, 0.15) is 32.5 Å². The van der Waals surface area contributed by atoms with E-state index >= 15 is 0 Å². The van der Waals surface area contributed by atoms with Gasteiger partial charge in [-0.05, 0) is 59.3 Å². The predicted molar refractivity (Wildman–Crippen MR) is 133 cm³/mol. The summed E-state index contributed by atoms with van der Waals surface area (Å²) in [4.78, 5) is 18.0. The number of carbonyl (C=O) groups excluding carboxylic acids is 1. The van der Waals surface area contributed by atoms with E-state index in [0.29, 0.717) is 11.6 Å². The van der Waals surface area contributed by atoms with Crippen LogP contribution >= 0.6 is 22.9 Å². The fourth-order valence-electron chi connectivity index (χ4n) is 4.02. The molecule has 0 bridgehead atoms. The van der Waals surface area contributed by atoms with Crippen molar-refractivity contribution in [3.8, 4) is 5.75 Å². The minimum Gasteiger partial charge on any atom is -0.497 e. The van der Waals surface area contributed by atoms with Gasteiger partial charge < -0.3 is 14.4 Å². The van der Waals surface area contributed by atoms with Gasteiger partial charge in [-0.3, -0.25) is 9.69 Å². The molecule has 174 valence electrons. The quantitative estimate of drug-likeness (QED) is 0.427. The zero-order valence-corrected chi connectivity index (χ0v) is 20.6. The number of thiophene rings is 1. The van der Waals surface area contributed by atoms with Crippen LogP contribution in [0.4, 0.5) is 0 Å². The maximum atomic E-state index is 12.9. The standard InChI is InChI=1S/C26H29ClN2O3S/c1-19-9-14-33-25(19)26(30)29-12-10-28(11-13-29)17-24(21-6-4-8-23(16-21)31-2)32-18-20-5-3-7-22(27)15-20/h3-9,14-16,24H,10-13,17-18H2,1-2H3. The Balaban J connectivity index is 1.41. The number of rotatable bonds is 8. The number of hydrogen-bond acceptors (Lipinski definition) is 5. The molecule has 0 aliphatic carbocycles. The first-order valence-corrected chi connectivity index (χ1v) is 12.3. The SMILES string of the molecule is COc1cccc(C(CN2CCN(C(=O)c3sccc3C)CC2)OCc2cccc(Cl)c2)c1. The Morgan fingerprint density at radius 1 is 1.09 bits per heavy atom. The van der Waals surface area contributed by atoms with E-state index in [9.17, 15) is 4.79 Å². The molecule has 7 heteroatoms. The lowest BCUT2D eigenvalue weighted by Crippen LogP contribution is -2.49. The van der Waals surface area contributed by atoms with Gasteiger partial charge in [-0.2, -0.15) is 0 Å². The summed E-state index contributed by atoms with van der Waals surface area (Å²) in [6.45, 7) is 6.28. The Morgan fingerprint density at radius 3 is 2.58 bits per heavy atom. The van der Waals surface area contributed by atoms with Crippen molar-refractivity contribution in [2.45, 2.75) is 19.6 Å². The number of aryl methyl sites for hydroxylation is 1. The second-order valence-corrected chi connectivity index (χ2v) is 9.58. The van der Waals surface area contributed by atoms with Crippen LogP contribution in [-0.2, 0) is 11.3 Å². The van der Waals surface area contributed by atoms with Crippen molar-refractivity contribution in [2.75, 3.05) is 39.8 Å². The van der Waals surface area contributed by atoms with Crippen LogP contribution in [0.5, 0.6) is 5.75 Å². The average Bonchev–Trinajstić information content (AvgIpc) is 3.27. The van der Waals surface area contributed by atoms with E-state index < -0.39 is 0 Å². The second kappa shape index (κ2) is 11.2. The summed E-state index contributed by atoms with van der Waals surface area (Å²) in [6, 6.07) is 17.8. The lowest BCUT2D eigenvalue weighted by Gasteiger charge is -2.36. The summed E-state index contributed by atoms with van der Waals surface area (Å²) >= 11 is 7.67. The first kappa shape index (κ1) is 23.8. The second-order valence-electron chi connectivity index (χ2n) is 8.23. The number of piperazine rings is 1. The van der Waals surface area contributed by atoms with Crippen molar-refractivity contribution in [2.24, 2.45) is 0 Å². The normalized spacial score (nSPS) is 15.4. The van der Waals surface area contributed by atoms with Gasteiger partial charge in [-0.1, -0.05) is 35.9 Å². The van der Waals surface area contributed by atoms with Crippen molar-refractivity contribution in [1.29, 1.82) is 0 Å². The van der Waals surface area contributed by atoms with E-state index in [1.54, 1.807) is 7.11 Å². The Bertz CT molecular complexity index is 1080. The number of halogens is 1. The van der Waals surface area contributed by atoms with Crippen LogP contribution in [0.25, 0.3) is 0 Å². The first-order valence-electron chi connectivity index (χ1n) is 11.1. The third kappa shape index (κ3) is 6.15. The van der Waals surface area contributed by atoms with Gasteiger partial charge in [-0.15, -0.1) is 11.3 Å². The molecule has 3 aromatic rings. The van der Waals surface area contributed by atoms with Crippen LogP contribution in [-0.4, -0.2) is 55.5 Å². The summed E-state index contributed by atoms with van der Waals surface area (Å²) in [7, 11) is 1.67. The van der Waals surface area contributed by atoms with E-state index in [1.165, 1.54) is 11.3 Å². The molecule has 1 aromatic heterocycles. The molecule has 1 atom stereocenters. The minimum absolute atomic E-state index is 0.124. The van der Waals surface area contributed by atoms with E-state index in [0.717, 1.165) is 60.0 Å². The molecule has 0 spiro atoms. The molecule has 0 N–H and O–H groups in total. The van der Waals surface area contributed by atoms with Crippen molar-refractivity contribution in [3.63, 3.8) is 0 Å². The molecule has 4 rings (SSSR count). The summed E-state index contributed by atoms with van der Waals surface area (Å²) in [6.07, 6.45) is -0.124. The molecule has 1 fully saturated rings. The molecule has 1 unspecified atom stereocenters. The lowest BCUT2D eigenvalue weighted by atomic mass is 10.1. The van der Waals surface area contributed by atoms with Crippen molar-refractivity contribution in [1.82, 2.24) is 9.80 Å². The van der Waals surface area contributed by atoms with Gasteiger partial charge in [0, 0.05) is 37.7 Å². The minimum atomic E-state index is -0.124. The number of nitrogens with zero attached hydrogens (tertiary/aromatic N) is 2. The van der Waals surface area contributed by atoms with Crippen LogP contribution in [0.2, 0.25) is 5.02 Å². The van der Waals surface area contributed by atoms with Crippen molar-refractivity contribution < 1.29 is 14.3 Å². The van der Waals surface area contributed by atoms with Crippen LogP contribution in [0, 0.1) is 6.92 Å². The zero-order valence-electron chi connectivity index (χ0n) is 19.0. The van der Waals surface area contributed by atoms with Gasteiger partial charge in [0.25, 0.3) is 5.91 Å². The van der Waals surface area contributed by atoms with Gasteiger partial charge in [-0.25, -0.2) is 0 Å². The van der Waals surface area contributed by atoms with E-state index in [4.69, 9.17) is 21.1 Å². The van der Waals surface area contributed by atoms with Crippen LogP contribution in [0.15, 0.2) is 60.0 Å². The van der Waals surface area contributed by atoms with Crippen LogP contribution in [0.3, 0.4) is 0 Å². The molecule has 2 heterocycles. The molecule has 0 saturated carbocycles. The largest absolute Gasteiger partial charge is 0.497 e. The molecule has 1 amide bonds. The molecular weight excluding hydrogens is 456 g/mol. The molecule has 2 aromatic carbocycles. The van der Waals surface area contributed by atoms with E-state index in [1.807, 2.05) is 65.7 Å². The topological polar surface area (TPSA) is 42.0 Å². The highest BCUT2D eigenvalue weighted by molar-refractivity contribution is 7.12. The first-order chi connectivity index (χ1) is 16.0. The Hall–Kier alpha value is -2.38. The van der Waals surface area contributed by atoms with Gasteiger partial charge in [0.1, 0.15) is 5.75 Å². The lowest BCUT2D eigenvalue weighted by molar-refractivity contribution is 0.00338. The number of hydrogen-bond donors (Lipinski definition) is 0. The number of benzene rings is 2. The number of amides is 1. The number of methoxy groups -OCH3 is 1. The van der Waals surface area contributed by atoms with E-state index in [-0.39, 0.29) is 12.0 Å². The van der Waals surface area contributed by atoms with Crippen molar-refractivity contribution in [3.05, 3.63) is 86.6 Å². The van der Waals surface area contributed by atoms with E-state index in [2.05, 4.69) is 11.0 Å². The Labute approximate surface area is 204 Å². The van der Waals surface area contributed by atoms with Gasteiger partial charge >= 0.3 is 0 Å². The molecular formula is C26H29ClN2O3S. The Kier molecular flexibility index (Phi) is 8.04. The highest BCUT2D eigenvalue weighted by atomic mass is 35.5. The number of carbonyl (C=O) groups is 1. The van der Waals surface area contributed by atoms with Gasteiger partial charge in [0.2, 0.25) is 0 Å². The van der Waals surface area contributed by atoms with Gasteiger partial charge in [0.15, 0.2) is 0 Å². The molecule has 1 saturated heterocycles. The maximum Gasteiger partial charge on any atom is 0.264 e. The smallest absolute Gasteiger partial charge is 0.264 e. The predicted octanol–water partition coefficient (Wildman–Crippen LogP) is 5.43. The Morgan fingerprint density at radius 2 is 1.88 bits per heavy atom. The van der Waals surface area contributed by atoms with Crippen LogP contribution < -0.4 is 4.74 Å².